The summed E-state index contributed by atoms with van der Waals surface area (Å²) >= 11 is 0. The van der Waals surface area contributed by atoms with Crippen molar-refractivity contribution in [1.29, 1.82) is 0 Å². The predicted octanol–water partition coefficient (Wildman–Crippen LogP) is 2.65. The first-order valence-corrected chi connectivity index (χ1v) is 6.27. The van der Waals surface area contributed by atoms with Crippen molar-refractivity contribution in [1.82, 2.24) is 5.32 Å². The summed E-state index contributed by atoms with van der Waals surface area (Å²) in [5.41, 5.74) is 1.79. The van der Waals surface area contributed by atoms with Crippen molar-refractivity contribution in [2.45, 2.75) is 32.2 Å². The molecule has 0 radical (unpaired) electrons. The molecule has 0 saturated heterocycles. The molecule has 0 aromatic heterocycles. The van der Waals surface area contributed by atoms with E-state index in [1.165, 1.54) is 19.3 Å². The van der Waals surface area contributed by atoms with Crippen molar-refractivity contribution in [3.8, 4) is 0 Å². The van der Waals surface area contributed by atoms with Crippen molar-refractivity contribution in [3.63, 3.8) is 0 Å². The van der Waals surface area contributed by atoms with Gasteiger partial charge in [-0.2, -0.15) is 0 Å². The third-order valence-electron chi connectivity index (χ3n) is 3.17. The minimum atomic E-state index is -0.0393. The largest absolute Gasteiger partial charge is 0.383 e. The van der Waals surface area contributed by atoms with Crippen LogP contribution >= 0.6 is 0 Å². The second-order valence-electron chi connectivity index (χ2n) is 4.88. The van der Waals surface area contributed by atoms with E-state index in [2.05, 4.69) is 17.6 Å². The zero-order chi connectivity index (χ0) is 12.3. The quantitative estimate of drug-likeness (QED) is 0.819. The van der Waals surface area contributed by atoms with Gasteiger partial charge in [0, 0.05) is 24.3 Å². The fourth-order valence-corrected chi connectivity index (χ4v) is 2.06. The summed E-state index contributed by atoms with van der Waals surface area (Å²) < 4.78 is 0. The third kappa shape index (κ3) is 3.48. The zero-order valence-corrected chi connectivity index (χ0v) is 10.5. The second-order valence-corrected chi connectivity index (χ2v) is 4.88. The highest BCUT2D eigenvalue weighted by atomic mass is 16.1. The van der Waals surface area contributed by atoms with Gasteiger partial charge in [0.2, 0.25) is 0 Å². The Morgan fingerprint density at radius 3 is 2.53 bits per heavy atom. The number of benzene rings is 1. The van der Waals surface area contributed by atoms with Gasteiger partial charge in [-0.3, -0.25) is 4.79 Å². The van der Waals surface area contributed by atoms with Crippen molar-refractivity contribution in [2.75, 3.05) is 12.4 Å². The molecule has 0 heterocycles. The summed E-state index contributed by atoms with van der Waals surface area (Å²) in [6, 6.07) is 8.14. The van der Waals surface area contributed by atoms with Crippen LogP contribution in [0.5, 0.6) is 0 Å². The van der Waals surface area contributed by atoms with Crippen molar-refractivity contribution >= 4 is 11.6 Å². The van der Waals surface area contributed by atoms with Gasteiger partial charge in [0.1, 0.15) is 0 Å². The third-order valence-corrected chi connectivity index (χ3v) is 3.17. The monoisotopic (exact) mass is 232 g/mol. The van der Waals surface area contributed by atoms with Crippen LogP contribution in [0.1, 0.15) is 36.5 Å². The maximum atomic E-state index is 11.4. The second kappa shape index (κ2) is 5.21. The molecule has 2 N–H and O–H groups in total. The Bertz CT molecular complexity index is 382. The van der Waals surface area contributed by atoms with E-state index in [1.54, 1.807) is 7.05 Å². The minimum Gasteiger partial charge on any atom is -0.383 e. The number of hydrogen-bond donors (Lipinski definition) is 2. The molecule has 3 nitrogen and oxygen atoms in total. The van der Waals surface area contributed by atoms with Crippen molar-refractivity contribution < 1.29 is 4.79 Å². The van der Waals surface area contributed by atoms with Crippen LogP contribution in [0.2, 0.25) is 0 Å². The van der Waals surface area contributed by atoms with E-state index in [0.29, 0.717) is 11.6 Å². The molecule has 1 atom stereocenters. The standard InChI is InChI=1S/C14H20N2O/c1-10(9-11-3-4-11)16-13-7-5-12(6-8-13)14(17)15-2/h5-8,10-11,16H,3-4,9H2,1-2H3,(H,15,17). The number of amides is 1. The highest BCUT2D eigenvalue weighted by Crippen LogP contribution is 2.34. The van der Waals surface area contributed by atoms with Gasteiger partial charge in [0.05, 0.1) is 0 Å². The molecule has 1 saturated carbocycles. The summed E-state index contributed by atoms with van der Waals surface area (Å²) in [6.07, 6.45) is 4.03. The molecule has 1 unspecified atom stereocenters. The highest BCUT2D eigenvalue weighted by molar-refractivity contribution is 5.94. The van der Waals surface area contributed by atoms with Crippen LogP contribution in [-0.2, 0) is 0 Å². The average molecular weight is 232 g/mol. The fraction of sp³-hybridized carbons (Fsp3) is 0.500. The van der Waals surface area contributed by atoms with E-state index in [9.17, 15) is 4.79 Å². The van der Waals surface area contributed by atoms with Crippen molar-refractivity contribution in [2.24, 2.45) is 5.92 Å². The predicted molar refractivity (Wildman–Crippen MR) is 70.3 cm³/mol. The first-order valence-electron chi connectivity index (χ1n) is 6.27. The Labute approximate surface area is 103 Å². The summed E-state index contributed by atoms with van der Waals surface area (Å²) in [5, 5.41) is 6.08. The maximum Gasteiger partial charge on any atom is 0.251 e. The smallest absolute Gasteiger partial charge is 0.251 e. The first kappa shape index (κ1) is 12.0. The van der Waals surface area contributed by atoms with Gasteiger partial charge in [-0.25, -0.2) is 0 Å². The zero-order valence-electron chi connectivity index (χ0n) is 10.5. The van der Waals surface area contributed by atoms with E-state index < -0.39 is 0 Å². The lowest BCUT2D eigenvalue weighted by atomic mass is 10.1. The molecule has 3 heteroatoms. The number of carbonyl (C=O) groups excluding carboxylic acids is 1. The molecule has 92 valence electrons. The van der Waals surface area contributed by atoms with Gasteiger partial charge >= 0.3 is 0 Å². The molecule has 1 aromatic carbocycles. The molecule has 0 spiro atoms. The van der Waals surface area contributed by atoms with Gasteiger partial charge in [-0.05, 0) is 43.5 Å². The molecular weight excluding hydrogens is 212 g/mol. The molecule has 1 aromatic rings. The lowest BCUT2D eigenvalue weighted by molar-refractivity contribution is 0.0963. The fourth-order valence-electron chi connectivity index (χ4n) is 2.06. The minimum absolute atomic E-state index is 0.0393. The topological polar surface area (TPSA) is 41.1 Å². The van der Waals surface area contributed by atoms with Crippen LogP contribution in [0.15, 0.2) is 24.3 Å². The molecule has 17 heavy (non-hydrogen) atoms. The molecule has 2 rings (SSSR count). The molecule has 0 aliphatic heterocycles. The molecule has 0 bridgehead atoms. The van der Waals surface area contributed by atoms with E-state index in [0.717, 1.165) is 11.6 Å². The van der Waals surface area contributed by atoms with Crippen LogP contribution in [0.3, 0.4) is 0 Å². The van der Waals surface area contributed by atoms with E-state index in [1.807, 2.05) is 24.3 Å². The Morgan fingerprint density at radius 2 is 2.00 bits per heavy atom. The molecular formula is C14H20N2O. The highest BCUT2D eigenvalue weighted by Gasteiger charge is 2.23. The van der Waals surface area contributed by atoms with Gasteiger partial charge < -0.3 is 10.6 Å². The summed E-state index contributed by atoms with van der Waals surface area (Å²) in [5.74, 6) is 0.894. The van der Waals surface area contributed by atoms with Gasteiger partial charge in [0.15, 0.2) is 0 Å². The Morgan fingerprint density at radius 1 is 1.35 bits per heavy atom. The Balaban J connectivity index is 1.90. The molecule has 1 aliphatic carbocycles. The summed E-state index contributed by atoms with van der Waals surface area (Å²) in [4.78, 5) is 11.4. The van der Waals surface area contributed by atoms with Gasteiger partial charge in [-0.15, -0.1) is 0 Å². The van der Waals surface area contributed by atoms with Gasteiger partial charge in [0.25, 0.3) is 5.91 Å². The summed E-state index contributed by atoms with van der Waals surface area (Å²) in [6.45, 7) is 2.21. The molecule has 1 fully saturated rings. The Hall–Kier alpha value is -1.51. The number of carbonyl (C=O) groups is 1. The van der Waals surface area contributed by atoms with Crippen LogP contribution in [-0.4, -0.2) is 19.0 Å². The van der Waals surface area contributed by atoms with Crippen LogP contribution in [0.4, 0.5) is 5.69 Å². The summed E-state index contributed by atoms with van der Waals surface area (Å²) in [7, 11) is 1.65. The lowest BCUT2D eigenvalue weighted by Gasteiger charge is -2.14. The van der Waals surface area contributed by atoms with Crippen LogP contribution < -0.4 is 10.6 Å². The van der Waals surface area contributed by atoms with E-state index in [4.69, 9.17) is 0 Å². The van der Waals surface area contributed by atoms with E-state index >= 15 is 0 Å². The van der Waals surface area contributed by atoms with Crippen LogP contribution in [0.25, 0.3) is 0 Å². The Kier molecular flexibility index (Phi) is 3.67. The van der Waals surface area contributed by atoms with Crippen molar-refractivity contribution in [3.05, 3.63) is 29.8 Å². The number of rotatable bonds is 5. The molecule has 1 amide bonds. The number of anilines is 1. The molecule has 1 aliphatic rings. The normalized spacial score (nSPS) is 16.4. The van der Waals surface area contributed by atoms with Gasteiger partial charge in [-0.1, -0.05) is 12.8 Å². The lowest BCUT2D eigenvalue weighted by Crippen LogP contribution is -2.18. The number of hydrogen-bond acceptors (Lipinski definition) is 2. The maximum absolute atomic E-state index is 11.4. The average Bonchev–Trinajstić information content (AvgIpc) is 3.12. The number of nitrogens with one attached hydrogen (secondary N) is 2. The van der Waals surface area contributed by atoms with E-state index in [-0.39, 0.29) is 5.91 Å². The SMILES string of the molecule is CNC(=O)c1ccc(NC(C)CC2CC2)cc1. The van der Waals surface area contributed by atoms with Crippen LogP contribution in [0, 0.1) is 5.92 Å². The first-order chi connectivity index (χ1) is 8.19.